The monoisotopic (exact) mass is 376 g/mol. The third kappa shape index (κ3) is 4.66. The highest BCUT2D eigenvalue weighted by Gasteiger charge is 2.15. The summed E-state index contributed by atoms with van der Waals surface area (Å²) in [5.41, 5.74) is 0.945. The summed E-state index contributed by atoms with van der Waals surface area (Å²) < 4.78 is 10.3. The summed E-state index contributed by atoms with van der Waals surface area (Å²) in [5, 5.41) is 12.8. The van der Waals surface area contributed by atoms with E-state index in [1.807, 2.05) is 6.07 Å². The Kier molecular flexibility index (Phi) is 6.29. The van der Waals surface area contributed by atoms with E-state index in [-0.39, 0.29) is 5.57 Å². The second-order valence-corrected chi connectivity index (χ2v) is 5.71. The molecule has 0 radical (unpaired) electrons. The first kappa shape index (κ1) is 18.7. The summed E-state index contributed by atoms with van der Waals surface area (Å²) in [4.78, 5) is 12.4. The second-order valence-electron chi connectivity index (χ2n) is 4.86. The van der Waals surface area contributed by atoms with Gasteiger partial charge in [0.15, 0.2) is 0 Å². The van der Waals surface area contributed by atoms with Gasteiger partial charge in [-0.25, -0.2) is 0 Å². The van der Waals surface area contributed by atoms with E-state index in [9.17, 15) is 10.1 Å². The van der Waals surface area contributed by atoms with Gasteiger partial charge in [-0.15, -0.1) is 0 Å². The van der Waals surface area contributed by atoms with E-state index in [2.05, 4.69) is 5.32 Å². The van der Waals surface area contributed by atoms with E-state index in [4.69, 9.17) is 32.7 Å². The SMILES string of the molecule is COc1cc(NC(=O)/C(C#N)=C/c2ccc(Cl)cc2)c(OC)cc1Cl. The van der Waals surface area contributed by atoms with Gasteiger partial charge in [0.25, 0.3) is 5.91 Å². The molecule has 2 aromatic rings. The van der Waals surface area contributed by atoms with Crippen LogP contribution in [-0.2, 0) is 4.79 Å². The fourth-order valence-corrected chi connectivity index (χ4v) is 2.38. The van der Waals surface area contributed by atoms with Gasteiger partial charge in [0.1, 0.15) is 23.1 Å². The molecule has 0 aliphatic carbocycles. The molecule has 0 aliphatic heterocycles. The number of carbonyl (C=O) groups is 1. The Hall–Kier alpha value is -2.68. The maximum atomic E-state index is 12.4. The van der Waals surface area contributed by atoms with Crippen LogP contribution < -0.4 is 14.8 Å². The molecule has 0 unspecified atom stereocenters. The molecule has 0 saturated carbocycles. The van der Waals surface area contributed by atoms with Crippen molar-refractivity contribution >= 4 is 40.9 Å². The molecule has 7 heteroatoms. The van der Waals surface area contributed by atoms with Crippen LogP contribution in [0.1, 0.15) is 5.56 Å². The molecule has 0 saturated heterocycles. The first-order valence-electron chi connectivity index (χ1n) is 7.08. The molecule has 0 spiro atoms. The fraction of sp³-hybridized carbons (Fsp3) is 0.111. The molecule has 128 valence electrons. The van der Waals surface area contributed by atoms with E-state index < -0.39 is 5.91 Å². The van der Waals surface area contributed by atoms with Crippen molar-refractivity contribution in [3.63, 3.8) is 0 Å². The predicted octanol–water partition coefficient (Wildman–Crippen LogP) is 4.56. The van der Waals surface area contributed by atoms with Crippen molar-refractivity contribution in [2.75, 3.05) is 19.5 Å². The van der Waals surface area contributed by atoms with E-state index in [0.29, 0.717) is 32.8 Å². The van der Waals surface area contributed by atoms with Gasteiger partial charge >= 0.3 is 0 Å². The maximum absolute atomic E-state index is 12.4. The summed E-state index contributed by atoms with van der Waals surface area (Å²) >= 11 is 11.9. The molecule has 1 N–H and O–H groups in total. The molecule has 0 aliphatic rings. The van der Waals surface area contributed by atoms with E-state index in [1.165, 1.54) is 32.4 Å². The highest BCUT2D eigenvalue weighted by molar-refractivity contribution is 6.32. The van der Waals surface area contributed by atoms with Crippen molar-refractivity contribution in [2.24, 2.45) is 0 Å². The summed E-state index contributed by atoms with van der Waals surface area (Å²) in [7, 11) is 2.91. The zero-order valence-electron chi connectivity index (χ0n) is 13.5. The van der Waals surface area contributed by atoms with E-state index in [0.717, 1.165) is 0 Å². The molecular weight excluding hydrogens is 363 g/mol. The third-order valence-electron chi connectivity index (χ3n) is 3.27. The molecule has 1 amide bonds. The summed E-state index contributed by atoms with van der Waals surface area (Å²) in [6.07, 6.45) is 1.46. The quantitative estimate of drug-likeness (QED) is 0.613. The molecule has 25 heavy (non-hydrogen) atoms. The number of benzene rings is 2. The molecule has 0 heterocycles. The standard InChI is InChI=1S/C18H14Cl2N2O3/c1-24-16-9-15(17(25-2)8-14(16)20)22-18(23)12(10-21)7-11-3-5-13(19)6-4-11/h3-9H,1-2H3,(H,22,23)/b12-7+. The van der Waals surface area contributed by atoms with Gasteiger partial charge in [-0.2, -0.15) is 5.26 Å². The Labute approximate surface area is 155 Å². The predicted molar refractivity (Wildman–Crippen MR) is 98.2 cm³/mol. The molecule has 0 aromatic heterocycles. The molecule has 0 bridgehead atoms. The number of amides is 1. The Bertz CT molecular complexity index is 856. The largest absolute Gasteiger partial charge is 0.495 e. The maximum Gasteiger partial charge on any atom is 0.266 e. The van der Waals surface area contributed by atoms with Gasteiger partial charge in [0.2, 0.25) is 0 Å². The Morgan fingerprint density at radius 1 is 1.12 bits per heavy atom. The number of rotatable bonds is 5. The lowest BCUT2D eigenvalue weighted by molar-refractivity contribution is -0.112. The highest BCUT2D eigenvalue weighted by Crippen LogP contribution is 2.36. The van der Waals surface area contributed by atoms with Crippen molar-refractivity contribution in [3.05, 3.63) is 57.6 Å². The van der Waals surface area contributed by atoms with Crippen LogP contribution in [0, 0.1) is 11.3 Å². The van der Waals surface area contributed by atoms with Crippen LogP contribution in [0.2, 0.25) is 10.0 Å². The van der Waals surface area contributed by atoms with Crippen LogP contribution in [0.3, 0.4) is 0 Å². The van der Waals surface area contributed by atoms with Gasteiger partial charge in [0, 0.05) is 17.2 Å². The number of ether oxygens (including phenoxy) is 2. The second kappa shape index (κ2) is 8.43. The minimum atomic E-state index is -0.583. The van der Waals surface area contributed by atoms with Crippen molar-refractivity contribution in [2.45, 2.75) is 0 Å². The molecule has 0 atom stereocenters. The van der Waals surface area contributed by atoms with Crippen molar-refractivity contribution < 1.29 is 14.3 Å². The minimum absolute atomic E-state index is 0.0710. The van der Waals surface area contributed by atoms with Gasteiger partial charge in [-0.3, -0.25) is 4.79 Å². The number of hydrogen-bond donors (Lipinski definition) is 1. The number of nitrogens with zero attached hydrogens (tertiary/aromatic N) is 1. The Balaban J connectivity index is 2.31. The lowest BCUT2D eigenvalue weighted by Crippen LogP contribution is -2.14. The summed E-state index contributed by atoms with van der Waals surface area (Å²) in [5.74, 6) is 0.140. The van der Waals surface area contributed by atoms with Crippen LogP contribution in [-0.4, -0.2) is 20.1 Å². The number of hydrogen-bond acceptors (Lipinski definition) is 4. The van der Waals surface area contributed by atoms with Crippen molar-refractivity contribution in [1.82, 2.24) is 0 Å². The molecular formula is C18H14Cl2N2O3. The average molecular weight is 377 g/mol. The number of methoxy groups -OCH3 is 2. The topological polar surface area (TPSA) is 71.3 Å². The molecule has 2 aromatic carbocycles. The van der Waals surface area contributed by atoms with Gasteiger partial charge in [-0.05, 0) is 23.8 Å². The van der Waals surface area contributed by atoms with Crippen LogP contribution in [0.4, 0.5) is 5.69 Å². The normalized spacial score (nSPS) is 10.8. The lowest BCUT2D eigenvalue weighted by atomic mass is 10.1. The fourth-order valence-electron chi connectivity index (χ4n) is 2.02. The summed E-state index contributed by atoms with van der Waals surface area (Å²) in [6.45, 7) is 0. The first-order valence-corrected chi connectivity index (χ1v) is 7.84. The van der Waals surface area contributed by atoms with Crippen molar-refractivity contribution in [3.8, 4) is 17.6 Å². The van der Waals surface area contributed by atoms with Crippen LogP contribution in [0.25, 0.3) is 6.08 Å². The smallest absolute Gasteiger partial charge is 0.266 e. The van der Waals surface area contributed by atoms with Crippen LogP contribution >= 0.6 is 23.2 Å². The number of halogens is 2. The van der Waals surface area contributed by atoms with Gasteiger partial charge in [0.05, 0.1) is 24.9 Å². The highest BCUT2D eigenvalue weighted by atomic mass is 35.5. The lowest BCUT2D eigenvalue weighted by Gasteiger charge is -2.13. The average Bonchev–Trinajstić information content (AvgIpc) is 2.62. The zero-order chi connectivity index (χ0) is 18.4. The molecule has 5 nitrogen and oxygen atoms in total. The number of nitrogens with one attached hydrogen (secondary N) is 1. The Morgan fingerprint density at radius 3 is 2.32 bits per heavy atom. The summed E-state index contributed by atoms with van der Waals surface area (Å²) in [6, 6.07) is 11.7. The first-order chi connectivity index (χ1) is 12.0. The minimum Gasteiger partial charge on any atom is -0.495 e. The third-order valence-corrected chi connectivity index (χ3v) is 3.82. The van der Waals surface area contributed by atoms with Crippen molar-refractivity contribution in [1.29, 1.82) is 5.26 Å². The number of nitriles is 1. The van der Waals surface area contributed by atoms with Crippen LogP contribution in [0.15, 0.2) is 42.0 Å². The number of anilines is 1. The van der Waals surface area contributed by atoms with Crippen LogP contribution in [0.5, 0.6) is 11.5 Å². The Morgan fingerprint density at radius 2 is 1.76 bits per heavy atom. The van der Waals surface area contributed by atoms with Gasteiger partial charge < -0.3 is 14.8 Å². The molecule has 0 fully saturated rings. The van der Waals surface area contributed by atoms with E-state index >= 15 is 0 Å². The zero-order valence-corrected chi connectivity index (χ0v) is 15.0. The molecule has 2 rings (SSSR count). The number of carbonyl (C=O) groups excluding carboxylic acids is 1. The van der Waals surface area contributed by atoms with E-state index in [1.54, 1.807) is 24.3 Å². The van der Waals surface area contributed by atoms with Gasteiger partial charge in [-0.1, -0.05) is 35.3 Å².